The average Bonchev–Trinajstić information content (AvgIpc) is 3.74. The molecule has 0 bridgehead atoms. The molecule has 0 fully saturated rings. The molecule has 0 saturated heterocycles. The van der Waals surface area contributed by atoms with Gasteiger partial charge in [0.15, 0.2) is 0 Å². The van der Waals surface area contributed by atoms with Gasteiger partial charge in [-0.3, -0.25) is 0 Å². The second kappa shape index (κ2) is 20.0. The largest absolute Gasteiger partial charge is 2.00 e. The van der Waals surface area contributed by atoms with Crippen LogP contribution in [0.15, 0.2) is 109 Å². The number of hydrogen-bond acceptors (Lipinski definition) is 0. The van der Waals surface area contributed by atoms with Gasteiger partial charge < -0.3 is 0 Å². The number of benzene rings is 4. The molecular formula is C46H56SiZr. The van der Waals surface area contributed by atoms with Gasteiger partial charge in [0.1, 0.15) is 0 Å². The molecule has 6 aromatic rings. The van der Waals surface area contributed by atoms with Gasteiger partial charge in [-0.15, -0.1) is 69.1 Å². The quantitative estimate of drug-likeness (QED) is 0.0973. The standard InChI is InChI=1S/2C22H25.C2H6Si.Zr/c2*1-4-9-17-10-6-7-12-20(17)21-13-8-11-18-14-19(15-22(18)21)16(3)5-2;1-3-2;/h2*6-8,10-16H,4-5,9H2,1-3H3;1-2H3;/q2*-1;;+2. The van der Waals surface area contributed by atoms with Crippen LogP contribution < -0.4 is 0 Å². The SMILES string of the molecule is CCCc1ccccc1-c1cccc2[cH-]c(C(C)CC)cc12.CCCc1ccccc1-c1cccc2[cH-]c(C(C)CC)cc12.C[Si]C.[Zr+2]. The first-order valence-electron chi connectivity index (χ1n) is 18.0. The molecule has 2 radical (unpaired) electrons. The smallest absolute Gasteiger partial charge is 0.164 e. The van der Waals surface area contributed by atoms with Crippen LogP contribution in [0.1, 0.15) is 101 Å². The summed E-state index contributed by atoms with van der Waals surface area (Å²) in [5.74, 6) is 1.26. The predicted molar refractivity (Wildman–Crippen MR) is 213 cm³/mol. The van der Waals surface area contributed by atoms with Gasteiger partial charge >= 0.3 is 26.2 Å². The second-order valence-electron chi connectivity index (χ2n) is 13.1. The molecular weight excluding hydrogens is 672 g/mol. The van der Waals surface area contributed by atoms with Crippen molar-refractivity contribution in [1.82, 2.24) is 0 Å². The summed E-state index contributed by atoms with van der Waals surface area (Å²) in [4.78, 5) is 0. The molecule has 0 N–H and O–H groups in total. The molecule has 248 valence electrons. The van der Waals surface area contributed by atoms with Crippen molar-refractivity contribution in [2.24, 2.45) is 0 Å². The maximum Gasteiger partial charge on any atom is 2.00 e. The molecule has 0 aliphatic rings. The van der Waals surface area contributed by atoms with Crippen molar-refractivity contribution in [3.05, 3.63) is 131 Å². The van der Waals surface area contributed by atoms with Gasteiger partial charge in [0, 0.05) is 9.52 Å². The summed E-state index contributed by atoms with van der Waals surface area (Å²) in [7, 11) is 1.08. The fraction of sp³-hybridized carbons (Fsp3) is 0.348. The second-order valence-corrected chi connectivity index (χ2v) is 14.1. The van der Waals surface area contributed by atoms with Crippen molar-refractivity contribution in [3.63, 3.8) is 0 Å². The fourth-order valence-electron chi connectivity index (χ4n) is 6.57. The average molecular weight is 728 g/mol. The third-order valence-electron chi connectivity index (χ3n) is 9.56. The van der Waals surface area contributed by atoms with Crippen molar-refractivity contribution in [3.8, 4) is 22.3 Å². The van der Waals surface area contributed by atoms with Gasteiger partial charge in [0.05, 0.1) is 0 Å². The minimum absolute atomic E-state index is 0. The van der Waals surface area contributed by atoms with Crippen LogP contribution in [0.3, 0.4) is 0 Å². The first kappa shape index (κ1) is 39.6. The van der Waals surface area contributed by atoms with E-state index in [9.17, 15) is 0 Å². The fourth-order valence-corrected chi connectivity index (χ4v) is 6.57. The van der Waals surface area contributed by atoms with Crippen LogP contribution in [-0.4, -0.2) is 9.52 Å². The zero-order valence-corrected chi connectivity index (χ0v) is 34.2. The molecule has 0 heterocycles. The zero-order chi connectivity index (χ0) is 33.8. The minimum Gasteiger partial charge on any atom is -0.164 e. The normalized spacial score (nSPS) is 12.0. The Balaban J connectivity index is 0.000000236. The molecule has 6 rings (SSSR count). The Morgan fingerprint density at radius 3 is 1.23 bits per heavy atom. The molecule has 2 heteroatoms. The van der Waals surface area contributed by atoms with Crippen LogP contribution in [-0.2, 0) is 39.0 Å². The van der Waals surface area contributed by atoms with Crippen molar-refractivity contribution in [1.29, 1.82) is 0 Å². The van der Waals surface area contributed by atoms with Gasteiger partial charge in [-0.1, -0.05) is 152 Å². The van der Waals surface area contributed by atoms with Crippen LogP contribution >= 0.6 is 0 Å². The van der Waals surface area contributed by atoms with E-state index in [1.54, 1.807) is 0 Å². The van der Waals surface area contributed by atoms with Crippen molar-refractivity contribution >= 4 is 31.1 Å². The Bertz CT molecular complexity index is 1690. The Kier molecular flexibility index (Phi) is 16.5. The topological polar surface area (TPSA) is 0 Å². The van der Waals surface area contributed by atoms with Gasteiger partial charge in [-0.2, -0.15) is 12.1 Å². The Labute approximate surface area is 314 Å². The number of aryl methyl sites for hydroxylation is 2. The van der Waals surface area contributed by atoms with Crippen molar-refractivity contribution < 1.29 is 26.2 Å². The Hall–Kier alpha value is -2.80. The molecule has 2 unspecified atom stereocenters. The maximum absolute atomic E-state index is 2.40. The van der Waals surface area contributed by atoms with E-state index in [0.717, 1.165) is 22.4 Å². The monoisotopic (exact) mass is 726 g/mol. The summed E-state index contributed by atoms with van der Waals surface area (Å²) in [6.07, 6.45) is 7.05. The van der Waals surface area contributed by atoms with E-state index in [1.807, 2.05) is 0 Å². The molecule has 0 nitrogen and oxygen atoms in total. The Morgan fingerprint density at radius 2 is 0.875 bits per heavy atom. The van der Waals surface area contributed by atoms with E-state index in [4.69, 9.17) is 0 Å². The van der Waals surface area contributed by atoms with E-state index >= 15 is 0 Å². The first-order chi connectivity index (χ1) is 22.9. The molecule has 0 aliphatic carbocycles. The summed E-state index contributed by atoms with van der Waals surface area (Å²) in [6, 6.07) is 40.7. The number of hydrogen-bond donors (Lipinski definition) is 0. The summed E-state index contributed by atoms with van der Waals surface area (Å²) >= 11 is 0. The molecule has 0 aliphatic heterocycles. The molecule has 48 heavy (non-hydrogen) atoms. The van der Waals surface area contributed by atoms with Crippen molar-refractivity contribution in [2.75, 3.05) is 0 Å². The van der Waals surface area contributed by atoms with Gasteiger partial charge in [0.25, 0.3) is 0 Å². The molecule has 6 aromatic carbocycles. The zero-order valence-electron chi connectivity index (χ0n) is 30.8. The van der Waals surface area contributed by atoms with E-state index in [2.05, 4.69) is 164 Å². The molecule has 0 aromatic heterocycles. The minimum atomic E-state index is 0. The van der Waals surface area contributed by atoms with E-state index < -0.39 is 0 Å². The molecule has 2 atom stereocenters. The van der Waals surface area contributed by atoms with E-state index in [-0.39, 0.29) is 26.2 Å². The molecule has 0 spiro atoms. The first-order valence-corrected chi connectivity index (χ1v) is 20.0. The molecule has 0 amide bonds. The van der Waals surface area contributed by atoms with Crippen LogP contribution in [0.2, 0.25) is 13.1 Å². The number of rotatable bonds is 10. The summed E-state index contributed by atoms with van der Waals surface area (Å²) in [5.41, 5.74) is 11.4. The van der Waals surface area contributed by atoms with E-state index in [1.165, 1.54) is 91.7 Å². The third kappa shape index (κ3) is 9.67. The maximum atomic E-state index is 2.40. The van der Waals surface area contributed by atoms with E-state index in [0.29, 0.717) is 11.8 Å². The summed E-state index contributed by atoms with van der Waals surface area (Å²) in [5, 5.41) is 5.56. The Morgan fingerprint density at radius 1 is 0.521 bits per heavy atom. The van der Waals surface area contributed by atoms with Crippen LogP contribution in [0.5, 0.6) is 0 Å². The van der Waals surface area contributed by atoms with Gasteiger partial charge in [-0.05, 0) is 46.9 Å². The summed E-state index contributed by atoms with van der Waals surface area (Å²) < 4.78 is 0. The third-order valence-corrected chi connectivity index (χ3v) is 9.56. The summed E-state index contributed by atoms with van der Waals surface area (Å²) in [6.45, 7) is 18.0. The molecule has 0 saturated carbocycles. The van der Waals surface area contributed by atoms with Crippen LogP contribution in [0, 0.1) is 0 Å². The predicted octanol–water partition coefficient (Wildman–Crippen LogP) is 14.2. The van der Waals surface area contributed by atoms with Crippen LogP contribution in [0.25, 0.3) is 43.8 Å². The van der Waals surface area contributed by atoms with Crippen molar-refractivity contribution in [2.45, 2.75) is 105 Å². The van der Waals surface area contributed by atoms with Crippen LogP contribution in [0.4, 0.5) is 0 Å². The number of fused-ring (bicyclic) bond motifs is 2. The van der Waals surface area contributed by atoms with Gasteiger partial charge in [-0.25, -0.2) is 0 Å². The van der Waals surface area contributed by atoms with Gasteiger partial charge in [0.2, 0.25) is 0 Å².